The Hall–Kier alpha value is -2.34. The first-order chi connectivity index (χ1) is 12.5. The monoisotopic (exact) mass is 418 g/mol. The zero-order chi connectivity index (χ0) is 18.9. The molecule has 2 aromatic rings. The summed E-state index contributed by atoms with van der Waals surface area (Å²) in [6.07, 6.45) is 1.99. The Bertz CT molecular complexity index is 760. The van der Waals surface area contributed by atoms with E-state index < -0.39 is 0 Å². The maximum atomic E-state index is 12.4. The number of carbonyl (C=O) groups excluding carboxylic acids is 2. The van der Waals surface area contributed by atoms with Crippen molar-refractivity contribution in [2.75, 3.05) is 18.5 Å². The minimum atomic E-state index is -0.228. The van der Waals surface area contributed by atoms with Crippen LogP contribution in [-0.2, 0) is 0 Å². The number of rotatable bonds is 8. The average molecular weight is 419 g/mol. The molecule has 0 radical (unpaired) electrons. The van der Waals surface area contributed by atoms with E-state index >= 15 is 0 Å². The summed E-state index contributed by atoms with van der Waals surface area (Å²) in [5, 5.41) is 5.69. The molecule has 2 N–H and O–H groups in total. The third-order valence-corrected chi connectivity index (χ3v) is 4.33. The molecule has 2 amide bonds. The fraction of sp³-hybridized carbons (Fsp3) is 0.300. The number of hydrogen-bond donors (Lipinski definition) is 2. The van der Waals surface area contributed by atoms with Crippen LogP contribution in [0.25, 0.3) is 0 Å². The topological polar surface area (TPSA) is 67.4 Å². The molecule has 0 aliphatic rings. The lowest BCUT2D eigenvalue weighted by molar-refractivity contribution is 0.0952. The van der Waals surface area contributed by atoms with Crippen LogP contribution in [0.2, 0.25) is 0 Å². The minimum Gasteiger partial charge on any atom is -0.493 e. The van der Waals surface area contributed by atoms with Crippen molar-refractivity contribution in [3.63, 3.8) is 0 Å². The third-order valence-electron chi connectivity index (χ3n) is 3.71. The van der Waals surface area contributed by atoms with Gasteiger partial charge in [0, 0.05) is 23.4 Å². The molecule has 0 aromatic heterocycles. The van der Waals surface area contributed by atoms with Gasteiger partial charge in [0.25, 0.3) is 11.8 Å². The molecule has 5 nitrogen and oxygen atoms in total. The molecule has 2 aromatic carbocycles. The maximum Gasteiger partial charge on any atom is 0.255 e. The van der Waals surface area contributed by atoms with E-state index in [1.165, 1.54) is 0 Å². The zero-order valence-electron chi connectivity index (χ0n) is 15.0. The van der Waals surface area contributed by atoms with Crippen LogP contribution in [0.3, 0.4) is 0 Å². The van der Waals surface area contributed by atoms with Crippen molar-refractivity contribution >= 4 is 33.4 Å². The van der Waals surface area contributed by atoms with Crippen LogP contribution in [0, 0.1) is 0 Å². The first kappa shape index (κ1) is 20.0. The van der Waals surface area contributed by atoms with E-state index in [9.17, 15) is 9.59 Å². The number of carbonyl (C=O) groups is 2. The Morgan fingerprint density at radius 3 is 2.31 bits per heavy atom. The molecular formula is C20H23BrN2O3. The molecule has 6 heteroatoms. The summed E-state index contributed by atoms with van der Waals surface area (Å²) in [6, 6.07) is 12.0. The van der Waals surface area contributed by atoms with E-state index in [4.69, 9.17) is 4.74 Å². The van der Waals surface area contributed by atoms with Crippen molar-refractivity contribution in [1.29, 1.82) is 0 Å². The molecule has 0 saturated heterocycles. The van der Waals surface area contributed by atoms with Gasteiger partial charge in [-0.15, -0.1) is 0 Å². The van der Waals surface area contributed by atoms with Crippen molar-refractivity contribution < 1.29 is 14.3 Å². The number of amides is 2. The fourth-order valence-corrected chi connectivity index (χ4v) is 2.80. The van der Waals surface area contributed by atoms with Crippen LogP contribution in [-0.4, -0.2) is 25.0 Å². The maximum absolute atomic E-state index is 12.4. The number of anilines is 1. The summed E-state index contributed by atoms with van der Waals surface area (Å²) in [7, 11) is 0. The van der Waals surface area contributed by atoms with Gasteiger partial charge in [-0.05, 0) is 71.7 Å². The van der Waals surface area contributed by atoms with Gasteiger partial charge in [0.1, 0.15) is 5.75 Å². The molecule has 26 heavy (non-hydrogen) atoms. The van der Waals surface area contributed by atoms with Crippen molar-refractivity contribution in [3.8, 4) is 5.75 Å². The molecule has 0 aliphatic carbocycles. The average Bonchev–Trinajstić information content (AvgIpc) is 2.64. The van der Waals surface area contributed by atoms with Crippen LogP contribution in [0.4, 0.5) is 5.69 Å². The lowest BCUT2D eigenvalue weighted by Crippen LogP contribution is -2.24. The van der Waals surface area contributed by atoms with E-state index in [-0.39, 0.29) is 11.8 Å². The van der Waals surface area contributed by atoms with Gasteiger partial charge >= 0.3 is 0 Å². The van der Waals surface area contributed by atoms with Gasteiger partial charge in [0.15, 0.2) is 0 Å². The normalized spacial score (nSPS) is 10.3. The van der Waals surface area contributed by atoms with Crippen molar-refractivity contribution in [3.05, 3.63) is 58.1 Å². The molecule has 0 spiro atoms. The second kappa shape index (κ2) is 9.97. The highest BCUT2D eigenvalue weighted by atomic mass is 79.9. The number of ether oxygens (including phenoxy) is 1. The Morgan fingerprint density at radius 2 is 1.69 bits per heavy atom. The second-order valence-corrected chi connectivity index (χ2v) is 6.57. The predicted octanol–water partition coefficient (Wildman–Crippen LogP) is 4.63. The summed E-state index contributed by atoms with van der Waals surface area (Å²) < 4.78 is 6.17. The molecule has 0 unspecified atom stereocenters. The van der Waals surface area contributed by atoms with Crippen LogP contribution >= 0.6 is 15.9 Å². The van der Waals surface area contributed by atoms with Gasteiger partial charge in [-0.2, -0.15) is 0 Å². The molecule has 0 aliphatic heterocycles. The molecule has 0 heterocycles. The van der Waals surface area contributed by atoms with Crippen LogP contribution < -0.4 is 15.4 Å². The highest BCUT2D eigenvalue weighted by molar-refractivity contribution is 9.10. The third kappa shape index (κ3) is 5.59. The summed E-state index contributed by atoms with van der Waals surface area (Å²) in [5.41, 5.74) is 1.72. The number of halogens is 1. The quantitative estimate of drug-likeness (QED) is 0.613. The lowest BCUT2D eigenvalue weighted by atomic mass is 10.1. The van der Waals surface area contributed by atoms with E-state index in [0.29, 0.717) is 35.7 Å². The first-order valence-corrected chi connectivity index (χ1v) is 9.46. The highest BCUT2D eigenvalue weighted by Gasteiger charge is 2.10. The van der Waals surface area contributed by atoms with Gasteiger partial charge < -0.3 is 15.4 Å². The number of unbranched alkanes of at least 4 members (excludes halogenated alkanes) is 1. The minimum absolute atomic E-state index is 0.105. The van der Waals surface area contributed by atoms with Crippen LogP contribution in [0.1, 0.15) is 47.4 Å². The summed E-state index contributed by atoms with van der Waals surface area (Å²) in [6.45, 7) is 5.20. The number of nitrogens with one attached hydrogen (secondary N) is 2. The molecule has 138 valence electrons. The van der Waals surface area contributed by atoms with Gasteiger partial charge in [-0.25, -0.2) is 0 Å². The summed E-state index contributed by atoms with van der Waals surface area (Å²) in [4.78, 5) is 24.4. The lowest BCUT2D eigenvalue weighted by Gasteiger charge is -2.09. The van der Waals surface area contributed by atoms with Gasteiger partial charge in [-0.1, -0.05) is 13.3 Å². The van der Waals surface area contributed by atoms with Gasteiger partial charge in [-0.3, -0.25) is 9.59 Å². The Balaban J connectivity index is 1.99. The molecule has 0 atom stereocenters. The first-order valence-electron chi connectivity index (χ1n) is 8.67. The SMILES string of the molecule is CCCCNC(=O)c1ccc(NC(=O)c2ccc(OCC)c(Br)c2)cc1. The Morgan fingerprint density at radius 1 is 1.00 bits per heavy atom. The molecule has 0 saturated carbocycles. The molecule has 0 bridgehead atoms. The van der Waals surface area contributed by atoms with Gasteiger partial charge in [0.05, 0.1) is 11.1 Å². The fourth-order valence-electron chi connectivity index (χ4n) is 2.30. The Kier molecular flexibility index (Phi) is 7.66. The van der Waals surface area contributed by atoms with Crippen LogP contribution in [0.15, 0.2) is 46.9 Å². The smallest absolute Gasteiger partial charge is 0.255 e. The summed E-state index contributed by atoms with van der Waals surface area (Å²) >= 11 is 3.40. The summed E-state index contributed by atoms with van der Waals surface area (Å²) in [5.74, 6) is 0.364. The van der Waals surface area contributed by atoms with E-state index in [2.05, 4.69) is 33.5 Å². The zero-order valence-corrected chi connectivity index (χ0v) is 16.6. The van der Waals surface area contributed by atoms with E-state index in [0.717, 1.165) is 17.3 Å². The predicted molar refractivity (Wildman–Crippen MR) is 107 cm³/mol. The van der Waals surface area contributed by atoms with Crippen LogP contribution in [0.5, 0.6) is 5.75 Å². The molecular weight excluding hydrogens is 396 g/mol. The van der Waals surface area contributed by atoms with E-state index in [1.807, 2.05) is 6.92 Å². The number of benzene rings is 2. The largest absolute Gasteiger partial charge is 0.493 e. The van der Waals surface area contributed by atoms with E-state index in [1.54, 1.807) is 42.5 Å². The van der Waals surface area contributed by atoms with Crippen molar-refractivity contribution in [1.82, 2.24) is 5.32 Å². The Labute approximate surface area is 162 Å². The van der Waals surface area contributed by atoms with Crippen molar-refractivity contribution in [2.45, 2.75) is 26.7 Å². The van der Waals surface area contributed by atoms with Gasteiger partial charge in [0.2, 0.25) is 0 Å². The van der Waals surface area contributed by atoms with Crippen molar-refractivity contribution in [2.24, 2.45) is 0 Å². The molecule has 2 rings (SSSR count). The standard InChI is InChI=1S/C20H23BrN2O3/c1-3-5-12-22-19(24)14-6-9-16(10-7-14)23-20(25)15-8-11-18(26-4-2)17(21)13-15/h6-11,13H,3-5,12H2,1-2H3,(H,22,24)(H,23,25). The second-order valence-electron chi connectivity index (χ2n) is 5.72. The molecule has 0 fully saturated rings. The number of hydrogen-bond acceptors (Lipinski definition) is 3. The highest BCUT2D eigenvalue weighted by Crippen LogP contribution is 2.26.